The van der Waals surface area contributed by atoms with E-state index in [1.54, 1.807) is 6.20 Å². The summed E-state index contributed by atoms with van der Waals surface area (Å²) in [6.07, 6.45) is 7.70. The van der Waals surface area contributed by atoms with Gasteiger partial charge in [0, 0.05) is 30.9 Å². The van der Waals surface area contributed by atoms with Gasteiger partial charge in [0.2, 0.25) is 0 Å². The molecular formula is C16H23N3O. The van der Waals surface area contributed by atoms with Crippen LogP contribution in [0.4, 0.5) is 5.82 Å². The molecule has 0 aliphatic heterocycles. The first-order valence-electron chi connectivity index (χ1n) is 7.79. The molecule has 0 aromatic carbocycles. The van der Waals surface area contributed by atoms with Gasteiger partial charge in [-0.1, -0.05) is 6.92 Å². The van der Waals surface area contributed by atoms with Gasteiger partial charge in [0.15, 0.2) is 0 Å². The maximum atomic E-state index is 12.7. The Balaban J connectivity index is 1.70. The summed E-state index contributed by atoms with van der Waals surface area (Å²) in [5.41, 5.74) is 0.770. The Bertz CT molecular complexity index is 480. The number of hydrogen-bond donors (Lipinski definition) is 1. The summed E-state index contributed by atoms with van der Waals surface area (Å²) in [5, 5.41) is 3.24. The number of carbonyl (C=O) groups excluding carboxylic acids is 1. The van der Waals surface area contributed by atoms with Gasteiger partial charge in [0.25, 0.3) is 5.91 Å². The molecule has 0 atom stereocenters. The number of aromatic nitrogens is 1. The van der Waals surface area contributed by atoms with Crippen molar-refractivity contribution in [3.63, 3.8) is 0 Å². The lowest BCUT2D eigenvalue weighted by molar-refractivity contribution is 0.0734. The average molecular weight is 273 g/mol. The van der Waals surface area contributed by atoms with E-state index in [1.807, 2.05) is 12.1 Å². The van der Waals surface area contributed by atoms with Crippen molar-refractivity contribution in [2.45, 2.75) is 45.1 Å². The molecule has 1 N–H and O–H groups in total. The highest BCUT2D eigenvalue weighted by atomic mass is 16.2. The van der Waals surface area contributed by atoms with E-state index in [1.165, 1.54) is 25.7 Å². The Morgan fingerprint density at radius 1 is 1.40 bits per heavy atom. The molecule has 1 heterocycles. The molecule has 2 aliphatic rings. The fourth-order valence-corrected chi connectivity index (χ4v) is 2.44. The van der Waals surface area contributed by atoms with Crippen LogP contribution in [0.15, 0.2) is 18.3 Å². The Labute approximate surface area is 120 Å². The summed E-state index contributed by atoms with van der Waals surface area (Å²) in [6.45, 7) is 3.95. The number of amides is 1. The minimum Gasteiger partial charge on any atom is -0.370 e. The normalized spacial score (nSPS) is 17.9. The zero-order chi connectivity index (χ0) is 13.9. The lowest BCUT2D eigenvalue weighted by Crippen LogP contribution is -2.35. The van der Waals surface area contributed by atoms with E-state index in [-0.39, 0.29) is 5.91 Å². The Hall–Kier alpha value is -1.58. The molecule has 108 valence electrons. The van der Waals surface area contributed by atoms with Crippen molar-refractivity contribution < 1.29 is 4.79 Å². The summed E-state index contributed by atoms with van der Waals surface area (Å²) >= 11 is 0. The van der Waals surface area contributed by atoms with Gasteiger partial charge >= 0.3 is 0 Å². The summed E-state index contributed by atoms with van der Waals surface area (Å²) in [6, 6.07) is 4.21. The number of hydrogen-bond acceptors (Lipinski definition) is 3. The first-order chi connectivity index (χ1) is 9.78. The van der Waals surface area contributed by atoms with Crippen molar-refractivity contribution >= 4 is 11.7 Å². The maximum Gasteiger partial charge on any atom is 0.254 e. The molecule has 1 amide bonds. The quantitative estimate of drug-likeness (QED) is 0.831. The zero-order valence-electron chi connectivity index (χ0n) is 12.1. The number of carbonyl (C=O) groups is 1. The third-order valence-corrected chi connectivity index (χ3v) is 3.96. The Morgan fingerprint density at radius 3 is 2.85 bits per heavy atom. The monoisotopic (exact) mass is 273 g/mol. The summed E-state index contributed by atoms with van der Waals surface area (Å²) in [7, 11) is 0. The first kappa shape index (κ1) is 13.4. The second kappa shape index (κ2) is 5.81. The standard InChI is InChI=1S/C16H23N3O/c1-2-8-17-15-10-13(7-9-18-15)16(20)19(14-5-6-14)11-12-3-4-12/h7,9-10,12,14H,2-6,8,11H2,1H3,(H,17,18). The van der Waals surface area contributed by atoms with Crippen LogP contribution in [0.1, 0.15) is 49.4 Å². The topological polar surface area (TPSA) is 45.2 Å². The molecule has 0 unspecified atom stereocenters. The Morgan fingerprint density at radius 2 is 2.20 bits per heavy atom. The van der Waals surface area contributed by atoms with Gasteiger partial charge in [-0.05, 0) is 50.2 Å². The predicted molar refractivity (Wildman–Crippen MR) is 79.8 cm³/mol. The number of rotatable bonds is 7. The number of nitrogens with zero attached hydrogens (tertiary/aromatic N) is 2. The number of pyridine rings is 1. The first-order valence-corrected chi connectivity index (χ1v) is 7.79. The van der Waals surface area contributed by atoms with Crippen molar-refractivity contribution in [1.29, 1.82) is 0 Å². The maximum absolute atomic E-state index is 12.7. The molecule has 1 aromatic rings. The van der Waals surface area contributed by atoms with E-state index < -0.39 is 0 Å². The molecule has 0 spiro atoms. The third-order valence-electron chi connectivity index (χ3n) is 3.96. The van der Waals surface area contributed by atoms with Gasteiger partial charge in [0.1, 0.15) is 5.82 Å². The highest BCUT2D eigenvalue weighted by Crippen LogP contribution is 2.35. The van der Waals surface area contributed by atoms with E-state index >= 15 is 0 Å². The van der Waals surface area contributed by atoms with Crippen LogP contribution in [0.3, 0.4) is 0 Å². The van der Waals surface area contributed by atoms with Crippen LogP contribution in [0.25, 0.3) is 0 Å². The van der Waals surface area contributed by atoms with Gasteiger partial charge in [-0.25, -0.2) is 4.98 Å². The average Bonchev–Trinajstić information content (AvgIpc) is 3.35. The predicted octanol–water partition coefficient (Wildman–Crippen LogP) is 2.92. The number of anilines is 1. The molecule has 0 saturated heterocycles. The minimum atomic E-state index is 0.182. The lowest BCUT2D eigenvalue weighted by atomic mass is 10.2. The van der Waals surface area contributed by atoms with Crippen LogP contribution < -0.4 is 5.32 Å². The zero-order valence-corrected chi connectivity index (χ0v) is 12.1. The van der Waals surface area contributed by atoms with Gasteiger partial charge in [-0.3, -0.25) is 4.79 Å². The molecular weight excluding hydrogens is 250 g/mol. The van der Waals surface area contributed by atoms with Crippen molar-refractivity contribution in [1.82, 2.24) is 9.88 Å². The molecule has 4 heteroatoms. The third kappa shape index (κ3) is 3.30. The van der Waals surface area contributed by atoms with Crippen molar-refractivity contribution in [3.05, 3.63) is 23.9 Å². The molecule has 1 aromatic heterocycles. The van der Waals surface area contributed by atoms with Gasteiger partial charge < -0.3 is 10.2 Å². The summed E-state index contributed by atoms with van der Waals surface area (Å²) in [5.74, 6) is 1.74. The van der Waals surface area contributed by atoms with Crippen molar-refractivity contribution in [2.24, 2.45) is 5.92 Å². The highest BCUT2D eigenvalue weighted by Gasteiger charge is 2.36. The van der Waals surface area contributed by atoms with Gasteiger partial charge in [-0.15, -0.1) is 0 Å². The smallest absolute Gasteiger partial charge is 0.254 e. The van der Waals surface area contributed by atoms with E-state index in [9.17, 15) is 4.79 Å². The lowest BCUT2D eigenvalue weighted by Gasteiger charge is -2.22. The van der Waals surface area contributed by atoms with Gasteiger partial charge in [0.05, 0.1) is 0 Å². The Kier molecular flexibility index (Phi) is 3.90. The van der Waals surface area contributed by atoms with Crippen LogP contribution in [0.5, 0.6) is 0 Å². The molecule has 20 heavy (non-hydrogen) atoms. The molecule has 2 fully saturated rings. The highest BCUT2D eigenvalue weighted by molar-refractivity contribution is 5.95. The molecule has 2 aliphatic carbocycles. The molecule has 4 nitrogen and oxygen atoms in total. The van der Waals surface area contributed by atoms with E-state index in [0.717, 1.165) is 36.8 Å². The van der Waals surface area contributed by atoms with Crippen LogP contribution in [-0.2, 0) is 0 Å². The van der Waals surface area contributed by atoms with Crippen molar-refractivity contribution in [2.75, 3.05) is 18.4 Å². The van der Waals surface area contributed by atoms with Crippen LogP contribution >= 0.6 is 0 Å². The fraction of sp³-hybridized carbons (Fsp3) is 0.625. The largest absolute Gasteiger partial charge is 0.370 e. The molecule has 0 radical (unpaired) electrons. The van der Waals surface area contributed by atoms with Crippen molar-refractivity contribution in [3.8, 4) is 0 Å². The molecule has 2 saturated carbocycles. The summed E-state index contributed by atoms with van der Waals surface area (Å²) < 4.78 is 0. The minimum absolute atomic E-state index is 0.182. The fourth-order valence-electron chi connectivity index (χ4n) is 2.44. The van der Waals surface area contributed by atoms with E-state index in [4.69, 9.17) is 0 Å². The second-order valence-corrected chi connectivity index (χ2v) is 5.99. The SMILES string of the molecule is CCCNc1cc(C(=O)N(CC2CC2)C2CC2)ccn1. The van der Waals surface area contributed by atoms with E-state index in [0.29, 0.717) is 6.04 Å². The van der Waals surface area contributed by atoms with Gasteiger partial charge in [-0.2, -0.15) is 0 Å². The molecule has 0 bridgehead atoms. The second-order valence-electron chi connectivity index (χ2n) is 5.99. The van der Waals surface area contributed by atoms with Crippen LogP contribution in [0.2, 0.25) is 0 Å². The van der Waals surface area contributed by atoms with Crippen LogP contribution in [0, 0.1) is 5.92 Å². The molecule has 3 rings (SSSR count). The van der Waals surface area contributed by atoms with Crippen LogP contribution in [-0.4, -0.2) is 34.9 Å². The van der Waals surface area contributed by atoms with E-state index in [2.05, 4.69) is 22.1 Å². The summed E-state index contributed by atoms with van der Waals surface area (Å²) in [4.78, 5) is 19.1. The number of nitrogens with one attached hydrogen (secondary N) is 1.